The van der Waals surface area contributed by atoms with Crippen molar-refractivity contribution < 1.29 is 22.7 Å². The predicted octanol–water partition coefficient (Wildman–Crippen LogP) is 3.54. The normalized spacial score (nSPS) is 11.3. The van der Waals surface area contributed by atoms with E-state index >= 15 is 0 Å². The van der Waals surface area contributed by atoms with Gasteiger partial charge in [0.1, 0.15) is 16.4 Å². The van der Waals surface area contributed by atoms with E-state index in [1.165, 1.54) is 49.0 Å². The van der Waals surface area contributed by atoms with Crippen molar-refractivity contribution in [3.05, 3.63) is 62.5 Å². The van der Waals surface area contributed by atoms with Gasteiger partial charge in [0.05, 0.1) is 24.0 Å². The Morgan fingerprint density at radius 1 is 1.07 bits per heavy atom. The Labute approximate surface area is 165 Å². The van der Waals surface area contributed by atoms with Crippen LogP contribution in [0.1, 0.15) is 19.4 Å². The van der Waals surface area contributed by atoms with Crippen LogP contribution in [0.15, 0.2) is 52.7 Å². The van der Waals surface area contributed by atoms with Crippen LogP contribution < -0.4 is 14.2 Å². The molecule has 2 heterocycles. The van der Waals surface area contributed by atoms with Crippen molar-refractivity contribution in [3.8, 4) is 11.5 Å². The Balaban J connectivity index is 1.76. The number of methoxy groups -OCH3 is 2. The van der Waals surface area contributed by atoms with Gasteiger partial charge in [-0.3, -0.25) is 4.79 Å². The van der Waals surface area contributed by atoms with Crippen LogP contribution in [0.3, 0.4) is 0 Å². The van der Waals surface area contributed by atoms with E-state index in [9.17, 15) is 13.2 Å². The van der Waals surface area contributed by atoms with Crippen molar-refractivity contribution in [2.75, 3.05) is 14.2 Å². The van der Waals surface area contributed by atoms with Crippen molar-refractivity contribution in [2.45, 2.75) is 11.4 Å². The largest absolute Gasteiger partial charge is 0.497 e. The molecule has 0 fully saturated rings. The molecule has 1 aromatic carbocycles. The molecule has 6 nitrogen and oxygen atoms in total. The van der Waals surface area contributed by atoms with Crippen LogP contribution in [0.4, 0.5) is 0 Å². The minimum absolute atomic E-state index is 0.00390. The van der Waals surface area contributed by atoms with Gasteiger partial charge in [0.15, 0.2) is 0 Å². The van der Waals surface area contributed by atoms with E-state index in [-0.39, 0.29) is 23.0 Å². The zero-order valence-electron chi connectivity index (χ0n) is 14.6. The number of ether oxygens (including phenoxy) is 2. The highest BCUT2D eigenvalue weighted by atomic mass is 32.2. The van der Waals surface area contributed by atoms with Crippen LogP contribution in [-0.2, 0) is 16.6 Å². The SMILES string of the molecule is COc1ccc(OC)c(S(=O)(=O)NCc2ccc(C(=O)c3cccs3)s2)c1. The first-order chi connectivity index (χ1) is 12.9. The van der Waals surface area contributed by atoms with E-state index in [1.54, 1.807) is 24.3 Å². The number of thiophene rings is 2. The Kier molecular flexibility index (Phi) is 5.95. The Bertz CT molecular complexity index is 1040. The lowest BCUT2D eigenvalue weighted by Gasteiger charge is -2.11. The summed E-state index contributed by atoms with van der Waals surface area (Å²) in [4.78, 5) is 14.3. The summed E-state index contributed by atoms with van der Waals surface area (Å²) in [5, 5.41) is 1.84. The van der Waals surface area contributed by atoms with E-state index in [2.05, 4.69) is 4.72 Å². The summed E-state index contributed by atoms with van der Waals surface area (Å²) in [6.45, 7) is 0.0745. The molecular weight excluding hydrogens is 406 g/mol. The molecule has 0 bridgehead atoms. The summed E-state index contributed by atoms with van der Waals surface area (Å²) >= 11 is 2.64. The van der Waals surface area contributed by atoms with Crippen molar-refractivity contribution in [1.29, 1.82) is 0 Å². The Hall–Kier alpha value is -2.20. The molecule has 0 unspecified atom stereocenters. The van der Waals surface area contributed by atoms with Crippen LogP contribution in [-0.4, -0.2) is 28.4 Å². The van der Waals surface area contributed by atoms with Gasteiger partial charge in [0, 0.05) is 17.5 Å². The van der Waals surface area contributed by atoms with Crippen LogP contribution in [0.5, 0.6) is 11.5 Å². The third kappa shape index (κ3) is 4.38. The number of hydrogen-bond acceptors (Lipinski definition) is 7. The fourth-order valence-electron chi connectivity index (χ4n) is 2.36. The smallest absolute Gasteiger partial charge is 0.244 e. The molecule has 0 amide bonds. The van der Waals surface area contributed by atoms with Crippen LogP contribution >= 0.6 is 22.7 Å². The second-order valence-electron chi connectivity index (χ2n) is 5.41. The average molecular weight is 424 g/mol. The summed E-state index contributed by atoms with van der Waals surface area (Å²) in [6.07, 6.45) is 0. The molecule has 0 saturated carbocycles. The second-order valence-corrected chi connectivity index (χ2v) is 9.27. The number of hydrogen-bond donors (Lipinski definition) is 1. The van der Waals surface area contributed by atoms with Crippen LogP contribution in [0, 0.1) is 0 Å². The predicted molar refractivity (Wildman–Crippen MR) is 106 cm³/mol. The second kappa shape index (κ2) is 8.22. The summed E-state index contributed by atoms with van der Waals surface area (Å²) in [5.41, 5.74) is 0. The summed E-state index contributed by atoms with van der Waals surface area (Å²) in [6, 6.07) is 11.6. The quantitative estimate of drug-likeness (QED) is 0.561. The molecule has 2 aromatic heterocycles. The summed E-state index contributed by atoms with van der Waals surface area (Å²) < 4.78 is 38.1. The lowest BCUT2D eigenvalue weighted by Crippen LogP contribution is -2.23. The first-order valence-electron chi connectivity index (χ1n) is 7.83. The van der Waals surface area contributed by atoms with Gasteiger partial charge in [-0.2, -0.15) is 0 Å². The molecule has 0 saturated heterocycles. The topological polar surface area (TPSA) is 81.7 Å². The molecular formula is C18H17NO5S3. The molecule has 9 heteroatoms. The fourth-order valence-corrected chi connectivity index (χ4v) is 5.29. The highest BCUT2D eigenvalue weighted by molar-refractivity contribution is 7.89. The zero-order chi connectivity index (χ0) is 19.4. The Morgan fingerprint density at radius 3 is 2.56 bits per heavy atom. The van der Waals surface area contributed by atoms with E-state index < -0.39 is 10.0 Å². The van der Waals surface area contributed by atoms with Crippen LogP contribution in [0.25, 0.3) is 0 Å². The fraction of sp³-hybridized carbons (Fsp3) is 0.167. The molecule has 3 rings (SSSR count). The maximum absolute atomic E-state index is 12.7. The number of ketones is 1. The number of carbonyl (C=O) groups excluding carboxylic acids is 1. The van der Waals surface area contributed by atoms with Crippen molar-refractivity contribution in [2.24, 2.45) is 0 Å². The van der Waals surface area contributed by atoms with E-state index in [0.29, 0.717) is 15.5 Å². The molecule has 0 aliphatic heterocycles. The molecule has 1 N–H and O–H groups in total. The third-order valence-electron chi connectivity index (χ3n) is 3.73. The number of rotatable bonds is 8. The standard InChI is InChI=1S/C18H17NO5S3/c1-23-12-5-7-14(24-2)17(10-12)27(21,22)19-11-13-6-8-16(26-13)18(20)15-4-3-9-25-15/h3-10,19H,11H2,1-2H3. The lowest BCUT2D eigenvalue weighted by atomic mass is 10.3. The molecule has 142 valence electrons. The number of sulfonamides is 1. The van der Waals surface area contributed by atoms with Gasteiger partial charge in [-0.05, 0) is 35.7 Å². The highest BCUT2D eigenvalue weighted by Gasteiger charge is 2.21. The molecule has 3 aromatic rings. The molecule has 0 aliphatic carbocycles. The monoisotopic (exact) mass is 423 g/mol. The molecule has 0 spiro atoms. The molecule has 0 atom stereocenters. The Morgan fingerprint density at radius 2 is 1.89 bits per heavy atom. The summed E-state index contributed by atoms with van der Waals surface area (Å²) in [7, 11) is -0.952. The lowest BCUT2D eigenvalue weighted by molar-refractivity contribution is 0.104. The first kappa shape index (κ1) is 19.6. The van der Waals surface area contributed by atoms with Gasteiger partial charge in [0.2, 0.25) is 15.8 Å². The third-order valence-corrected chi connectivity index (χ3v) is 7.10. The van der Waals surface area contributed by atoms with Gasteiger partial charge in [-0.1, -0.05) is 6.07 Å². The number of carbonyl (C=O) groups is 1. The van der Waals surface area contributed by atoms with Gasteiger partial charge in [0.25, 0.3) is 0 Å². The van der Waals surface area contributed by atoms with E-state index in [4.69, 9.17) is 9.47 Å². The van der Waals surface area contributed by atoms with Crippen molar-refractivity contribution >= 4 is 38.5 Å². The first-order valence-corrected chi connectivity index (χ1v) is 11.0. The van der Waals surface area contributed by atoms with E-state index in [1.807, 2.05) is 11.4 Å². The molecule has 0 aliphatic rings. The summed E-state index contributed by atoms with van der Waals surface area (Å²) in [5.74, 6) is 0.581. The molecule has 0 radical (unpaired) electrons. The number of nitrogens with one attached hydrogen (secondary N) is 1. The van der Waals surface area contributed by atoms with Crippen molar-refractivity contribution in [3.63, 3.8) is 0 Å². The maximum atomic E-state index is 12.7. The van der Waals surface area contributed by atoms with Gasteiger partial charge < -0.3 is 9.47 Å². The minimum Gasteiger partial charge on any atom is -0.497 e. The molecule has 27 heavy (non-hydrogen) atoms. The van der Waals surface area contributed by atoms with Gasteiger partial charge in [-0.25, -0.2) is 13.1 Å². The van der Waals surface area contributed by atoms with Crippen LogP contribution in [0.2, 0.25) is 0 Å². The van der Waals surface area contributed by atoms with E-state index in [0.717, 1.165) is 4.88 Å². The average Bonchev–Trinajstić information content (AvgIpc) is 3.37. The minimum atomic E-state index is -3.82. The van der Waals surface area contributed by atoms with Gasteiger partial charge >= 0.3 is 0 Å². The zero-order valence-corrected chi connectivity index (χ0v) is 17.0. The van der Waals surface area contributed by atoms with Crippen molar-refractivity contribution in [1.82, 2.24) is 4.72 Å². The highest BCUT2D eigenvalue weighted by Crippen LogP contribution is 2.28. The van der Waals surface area contributed by atoms with Gasteiger partial charge in [-0.15, -0.1) is 22.7 Å². The number of benzene rings is 1. The maximum Gasteiger partial charge on any atom is 0.244 e.